The minimum atomic E-state index is -0.318. The van der Waals surface area contributed by atoms with Crippen LogP contribution >= 0.6 is 11.8 Å². The monoisotopic (exact) mass is 194 g/mol. The van der Waals surface area contributed by atoms with E-state index in [4.69, 9.17) is 0 Å². The summed E-state index contributed by atoms with van der Waals surface area (Å²) >= 11 is 1.60. The molecule has 1 aromatic carbocycles. The summed E-state index contributed by atoms with van der Waals surface area (Å²) in [6, 6.07) is 9.99. The molecule has 0 amide bonds. The first kappa shape index (κ1) is 10.3. The number of hydrogen-bond acceptors (Lipinski definition) is 2. The summed E-state index contributed by atoms with van der Waals surface area (Å²) in [4.78, 5) is 12.4. The predicted molar refractivity (Wildman–Crippen MR) is 57.1 cm³/mol. The maximum atomic E-state index is 11.2. The van der Waals surface area contributed by atoms with Crippen molar-refractivity contribution < 1.29 is 4.79 Å². The van der Waals surface area contributed by atoms with Gasteiger partial charge in [-0.1, -0.05) is 18.2 Å². The van der Waals surface area contributed by atoms with Crippen LogP contribution in [0.15, 0.2) is 35.2 Å². The standard InChI is InChI=1S/C11H14OS/c1-9(12)11(2,3)13-10-7-5-4-6-8-10/h4-8H,1-3H3. The lowest BCUT2D eigenvalue weighted by Gasteiger charge is -2.19. The van der Waals surface area contributed by atoms with Crippen molar-refractivity contribution in [3.8, 4) is 0 Å². The Morgan fingerprint density at radius 1 is 1.23 bits per heavy atom. The van der Waals surface area contributed by atoms with Gasteiger partial charge >= 0.3 is 0 Å². The van der Waals surface area contributed by atoms with Gasteiger partial charge in [0.15, 0.2) is 0 Å². The highest BCUT2D eigenvalue weighted by Crippen LogP contribution is 2.32. The van der Waals surface area contributed by atoms with Gasteiger partial charge in [-0.25, -0.2) is 0 Å². The highest BCUT2D eigenvalue weighted by atomic mass is 32.2. The van der Waals surface area contributed by atoms with Crippen molar-refractivity contribution in [1.82, 2.24) is 0 Å². The van der Waals surface area contributed by atoms with E-state index in [0.717, 1.165) is 4.90 Å². The molecule has 0 spiro atoms. The van der Waals surface area contributed by atoms with E-state index in [0.29, 0.717) is 0 Å². The van der Waals surface area contributed by atoms with Crippen LogP contribution in [0.25, 0.3) is 0 Å². The number of rotatable bonds is 3. The predicted octanol–water partition coefficient (Wildman–Crippen LogP) is 3.15. The molecule has 0 radical (unpaired) electrons. The first-order valence-corrected chi connectivity index (χ1v) is 5.09. The largest absolute Gasteiger partial charge is 0.298 e. The third-order valence-corrected chi connectivity index (χ3v) is 3.27. The second kappa shape index (κ2) is 3.97. The van der Waals surface area contributed by atoms with Crippen molar-refractivity contribution >= 4 is 17.5 Å². The second-order valence-electron chi connectivity index (χ2n) is 3.48. The number of Topliss-reactive ketones (excluding diaryl/α,β-unsaturated/α-hetero) is 1. The Morgan fingerprint density at radius 2 is 1.77 bits per heavy atom. The molecule has 0 unspecified atom stereocenters. The third-order valence-electron chi connectivity index (χ3n) is 1.96. The van der Waals surface area contributed by atoms with Gasteiger partial charge in [0.25, 0.3) is 0 Å². The summed E-state index contributed by atoms with van der Waals surface area (Å²) in [6.07, 6.45) is 0. The summed E-state index contributed by atoms with van der Waals surface area (Å²) < 4.78 is -0.318. The van der Waals surface area contributed by atoms with E-state index in [2.05, 4.69) is 0 Å². The number of carbonyl (C=O) groups excluding carboxylic acids is 1. The Hall–Kier alpha value is -0.760. The third kappa shape index (κ3) is 2.88. The molecule has 0 bridgehead atoms. The molecule has 0 aromatic heterocycles. The van der Waals surface area contributed by atoms with Crippen LogP contribution in [0.3, 0.4) is 0 Å². The number of ketones is 1. The van der Waals surface area contributed by atoms with Gasteiger partial charge < -0.3 is 0 Å². The second-order valence-corrected chi connectivity index (χ2v) is 5.18. The van der Waals surface area contributed by atoms with Crippen LogP contribution in [0, 0.1) is 0 Å². The molecule has 1 rings (SSSR count). The van der Waals surface area contributed by atoms with Gasteiger partial charge in [0.1, 0.15) is 5.78 Å². The van der Waals surface area contributed by atoms with E-state index in [1.54, 1.807) is 18.7 Å². The van der Waals surface area contributed by atoms with Crippen LogP contribution in [0.1, 0.15) is 20.8 Å². The first-order valence-electron chi connectivity index (χ1n) is 4.27. The van der Waals surface area contributed by atoms with E-state index in [1.807, 2.05) is 44.2 Å². The van der Waals surface area contributed by atoms with Crippen LogP contribution in [0.2, 0.25) is 0 Å². The molecule has 1 aromatic rings. The minimum absolute atomic E-state index is 0.210. The fourth-order valence-electron chi connectivity index (χ4n) is 0.855. The van der Waals surface area contributed by atoms with Crippen LogP contribution < -0.4 is 0 Å². The van der Waals surface area contributed by atoms with Crippen molar-refractivity contribution in [2.75, 3.05) is 0 Å². The van der Waals surface area contributed by atoms with Crippen molar-refractivity contribution in [3.63, 3.8) is 0 Å². The fraction of sp³-hybridized carbons (Fsp3) is 0.364. The fourth-order valence-corrected chi connectivity index (χ4v) is 1.88. The van der Waals surface area contributed by atoms with Gasteiger partial charge in [-0.3, -0.25) is 4.79 Å². The first-order chi connectivity index (χ1) is 6.02. The Morgan fingerprint density at radius 3 is 2.23 bits per heavy atom. The van der Waals surface area contributed by atoms with Gasteiger partial charge in [0, 0.05) is 4.90 Å². The SMILES string of the molecule is CC(=O)C(C)(C)Sc1ccccc1. The van der Waals surface area contributed by atoms with Crippen LogP contribution in [-0.4, -0.2) is 10.5 Å². The summed E-state index contributed by atoms with van der Waals surface area (Å²) in [6.45, 7) is 5.54. The van der Waals surface area contributed by atoms with E-state index in [9.17, 15) is 4.79 Å². The van der Waals surface area contributed by atoms with E-state index in [-0.39, 0.29) is 10.5 Å². The molecule has 0 N–H and O–H groups in total. The Kier molecular flexibility index (Phi) is 3.15. The summed E-state index contributed by atoms with van der Waals surface area (Å²) in [5, 5.41) is 0. The van der Waals surface area contributed by atoms with Gasteiger partial charge in [-0.2, -0.15) is 0 Å². The normalized spacial score (nSPS) is 11.3. The number of carbonyl (C=O) groups is 1. The topological polar surface area (TPSA) is 17.1 Å². The molecule has 0 saturated heterocycles. The van der Waals surface area contributed by atoms with Crippen molar-refractivity contribution in [1.29, 1.82) is 0 Å². The summed E-state index contributed by atoms with van der Waals surface area (Å²) in [7, 11) is 0. The van der Waals surface area contributed by atoms with Crippen molar-refractivity contribution in [3.05, 3.63) is 30.3 Å². The lowest BCUT2D eigenvalue weighted by Crippen LogP contribution is -2.24. The molecule has 70 valence electrons. The molecule has 0 aliphatic carbocycles. The van der Waals surface area contributed by atoms with Crippen LogP contribution in [0.4, 0.5) is 0 Å². The zero-order chi connectivity index (χ0) is 9.90. The van der Waals surface area contributed by atoms with Crippen molar-refractivity contribution in [2.24, 2.45) is 0 Å². The zero-order valence-electron chi connectivity index (χ0n) is 8.20. The highest BCUT2D eigenvalue weighted by Gasteiger charge is 2.24. The Labute approximate surface area is 83.5 Å². The quantitative estimate of drug-likeness (QED) is 0.688. The van der Waals surface area contributed by atoms with E-state index < -0.39 is 0 Å². The van der Waals surface area contributed by atoms with Crippen LogP contribution in [0.5, 0.6) is 0 Å². The van der Waals surface area contributed by atoms with E-state index in [1.165, 1.54) is 0 Å². The minimum Gasteiger partial charge on any atom is -0.298 e. The summed E-state index contributed by atoms with van der Waals surface area (Å²) in [5.74, 6) is 0.210. The molecular formula is C11H14OS. The van der Waals surface area contributed by atoms with Gasteiger partial charge in [-0.05, 0) is 32.9 Å². The Balaban J connectivity index is 2.75. The van der Waals surface area contributed by atoms with Gasteiger partial charge in [0.2, 0.25) is 0 Å². The average Bonchev–Trinajstić information content (AvgIpc) is 2.05. The zero-order valence-corrected chi connectivity index (χ0v) is 9.02. The molecule has 0 aliphatic rings. The molecule has 0 fully saturated rings. The molecule has 1 nitrogen and oxygen atoms in total. The lowest BCUT2D eigenvalue weighted by molar-refractivity contribution is -0.118. The number of benzene rings is 1. The van der Waals surface area contributed by atoms with E-state index >= 15 is 0 Å². The maximum absolute atomic E-state index is 11.2. The lowest BCUT2D eigenvalue weighted by atomic mass is 10.1. The molecule has 0 heterocycles. The van der Waals surface area contributed by atoms with Crippen molar-refractivity contribution in [2.45, 2.75) is 30.4 Å². The number of hydrogen-bond donors (Lipinski definition) is 0. The smallest absolute Gasteiger partial charge is 0.145 e. The molecule has 0 aliphatic heterocycles. The van der Waals surface area contributed by atoms with Crippen LogP contribution in [-0.2, 0) is 4.79 Å². The Bertz CT molecular complexity index is 290. The summed E-state index contributed by atoms with van der Waals surface area (Å²) in [5.41, 5.74) is 0. The molecule has 0 saturated carbocycles. The van der Waals surface area contributed by atoms with Gasteiger partial charge in [0.05, 0.1) is 4.75 Å². The number of thioether (sulfide) groups is 1. The molecule has 2 heteroatoms. The average molecular weight is 194 g/mol. The van der Waals surface area contributed by atoms with Gasteiger partial charge in [-0.15, -0.1) is 11.8 Å². The molecular weight excluding hydrogens is 180 g/mol. The maximum Gasteiger partial charge on any atom is 0.145 e. The molecule has 13 heavy (non-hydrogen) atoms. The highest BCUT2D eigenvalue weighted by molar-refractivity contribution is 8.01. The molecule has 0 atom stereocenters.